The molecule has 0 spiro atoms. The summed E-state index contributed by atoms with van der Waals surface area (Å²) in [5.41, 5.74) is 3.11. The fourth-order valence-electron chi connectivity index (χ4n) is 3.61. The lowest BCUT2D eigenvalue weighted by Gasteiger charge is -2.32. The predicted octanol–water partition coefficient (Wildman–Crippen LogP) is 3.57. The minimum absolute atomic E-state index is 0.231. The van der Waals surface area contributed by atoms with E-state index in [0.29, 0.717) is 24.7 Å². The second-order valence-corrected chi connectivity index (χ2v) is 7.30. The Hall–Kier alpha value is -2.51. The number of aromatic nitrogens is 3. The van der Waals surface area contributed by atoms with Gasteiger partial charge in [0.25, 0.3) is 5.89 Å². The molecule has 4 rings (SSSR count). The number of aryl methyl sites for hydroxylation is 2. The summed E-state index contributed by atoms with van der Waals surface area (Å²) in [7, 11) is 0. The number of hydrogen-bond acceptors (Lipinski definition) is 7. The number of ether oxygens (including phenoxy) is 1. The highest BCUT2D eigenvalue weighted by molar-refractivity contribution is 5.51. The van der Waals surface area contributed by atoms with Crippen LogP contribution in [0.5, 0.6) is 0 Å². The number of hydrogen-bond donors (Lipinski definition) is 0. The molecule has 7 nitrogen and oxygen atoms in total. The lowest BCUT2D eigenvalue weighted by atomic mass is 10.1. The van der Waals surface area contributed by atoms with E-state index < -0.39 is 0 Å². The van der Waals surface area contributed by atoms with Crippen molar-refractivity contribution in [3.8, 4) is 11.5 Å². The Balaban J connectivity index is 1.25. The summed E-state index contributed by atoms with van der Waals surface area (Å²) < 4.78 is 16.7. The standard InChI is InChI=1S/C21H26N4O3/c1-15-19(16(2)27-23-15)14-25-11-6-9-18(13-25)26-12-10-20-22-21(28-24-20)17-7-4-3-5-8-17/h3-5,7-8,18H,6,9-14H2,1-2H3. The summed E-state index contributed by atoms with van der Waals surface area (Å²) in [6.45, 7) is 7.44. The maximum atomic E-state index is 6.11. The molecule has 0 N–H and O–H groups in total. The molecule has 1 aromatic carbocycles. The van der Waals surface area contributed by atoms with Gasteiger partial charge in [-0.1, -0.05) is 28.5 Å². The largest absolute Gasteiger partial charge is 0.376 e. The molecule has 148 valence electrons. The van der Waals surface area contributed by atoms with Crippen molar-refractivity contribution >= 4 is 0 Å². The molecule has 2 aromatic heterocycles. The number of nitrogens with zero attached hydrogens (tertiary/aromatic N) is 4. The SMILES string of the molecule is Cc1noc(C)c1CN1CCCC(OCCc2noc(-c3ccccc3)n2)C1. The zero-order valence-corrected chi connectivity index (χ0v) is 16.4. The van der Waals surface area contributed by atoms with Gasteiger partial charge in [0, 0.05) is 30.6 Å². The van der Waals surface area contributed by atoms with E-state index in [-0.39, 0.29) is 6.10 Å². The van der Waals surface area contributed by atoms with Gasteiger partial charge in [-0.05, 0) is 45.4 Å². The first-order valence-electron chi connectivity index (χ1n) is 9.83. The average Bonchev–Trinajstić information content (AvgIpc) is 3.31. The van der Waals surface area contributed by atoms with E-state index in [1.54, 1.807) is 0 Å². The van der Waals surface area contributed by atoms with Crippen LogP contribution in [-0.4, -0.2) is 46.0 Å². The van der Waals surface area contributed by atoms with Crippen LogP contribution in [0, 0.1) is 13.8 Å². The molecule has 0 saturated carbocycles. The zero-order valence-electron chi connectivity index (χ0n) is 16.4. The third-order valence-corrected chi connectivity index (χ3v) is 5.19. The van der Waals surface area contributed by atoms with Crippen LogP contribution in [0.2, 0.25) is 0 Å². The first-order valence-corrected chi connectivity index (χ1v) is 9.83. The van der Waals surface area contributed by atoms with Crippen molar-refractivity contribution in [3.63, 3.8) is 0 Å². The molecular formula is C21H26N4O3. The van der Waals surface area contributed by atoms with Gasteiger partial charge >= 0.3 is 0 Å². The second-order valence-electron chi connectivity index (χ2n) is 7.30. The van der Waals surface area contributed by atoms with Crippen LogP contribution >= 0.6 is 0 Å². The first-order chi connectivity index (χ1) is 13.7. The molecule has 1 atom stereocenters. The Morgan fingerprint density at radius 1 is 1.14 bits per heavy atom. The van der Waals surface area contributed by atoms with E-state index in [0.717, 1.165) is 49.5 Å². The molecule has 1 aliphatic rings. The fraction of sp³-hybridized carbons (Fsp3) is 0.476. The molecule has 7 heteroatoms. The monoisotopic (exact) mass is 382 g/mol. The number of piperidine rings is 1. The Morgan fingerprint density at radius 2 is 2.00 bits per heavy atom. The fourth-order valence-corrected chi connectivity index (χ4v) is 3.61. The van der Waals surface area contributed by atoms with Gasteiger partial charge in [-0.25, -0.2) is 0 Å². The Labute approximate surface area is 164 Å². The van der Waals surface area contributed by atoms with Crippen molar-refractivity contribution in [3.05, 3.63) is 53.2 Å². The highest BCUT2D eigenvalue weighted by Crippen LogP contribution is 2.20. The molecular weight excluding hydrogens is 356 g/mol. The van der Waals surface area contributed by atoms with E-state index in [1.807, 2.05) is 44.2 Å². The van der Waals surface area contributed by atoms with Crippen LogP contribution in [0.1, 0.15) is 35.7 Å². The number of rotatable bonds is 7. The molecule has 0 aliphatic carbocycles. The van der Waals surface area contributed by atoms with Crippen LogP contribution in [0.15, 0.2) is 39.4 Å². The normalized spacial score (nSPS) is 17.9. The highest BCUT2D eigenvalue weighted by atomic mass is 16.5. The minimum Gasteiger partial charge on any atom is -0.376 e. The van der Waals surface area contributed by atoms with Crippen molar-refractivity contribution in [2.75, 3.05) is 19.7 Å². The molecule has 0 radical (unpaired) electrons. The summed E-state index contributed by atoms with van der Waals surface area (Å²) in [4.78, 5) is 6.88. The molecule has 1 aliphatic heterocycles. The summed E-state index contributed by atoms with van der Waals surface area (Å²) in [6, 6.07) is 9.81. The number of likely N-dealkylation sites (tertiary alicyclic amines) is 1. The Morgan fingerprint density at radius 3 is 2.79 bits per heavy atom. The minimum atomic E-state index is 0.231. The van der Waals surface area contributed by atoms with Crippen molar-refractivity contribution in [1.82, 2.24) is 20.2 Å². The van der Waals surface area contributed by atoms with Gasteiger partial charge in [0.2, 0.25) is 0 Å². The van der Waals surface area contributed by atoms with E-state index in [9.17, 15) is 0 Å². The van der Waals surface area contributed by atoms with Gasteiger partial charge in [-0.2, -0.15) is 4.98 Å². The smallest absolute Gasteiger partial charge is 0.257 e. The summed E-state index contributed by atoms with van der Waals surface area (Å²) in [5, 5.41) is 8.12. The van der Waals surface area contributed by atoms with Crippen LogP contribution in [0.3, 0.4) is 0 Å². The quantitative estimate of drug-likeness (QED) is 0.618. The van der Waals surface area contributed by atoms with E-state index >= 15 is 0 Å². The molecule has 0 amide bonds. The number of benzene rings is 1. The summed E-state index contributed by atoms with van der Waals surface area (Å²) in [6.07, 6.45) is 3.10. The molecule has 28 heavy (non-hydrogen) atoms. The van der Waals surface area contributed by atoms with Gasteiger partial charge in [0.05, 0.1) is 18.4 Å². The third-order valence-electron chi connectivity index (χ3n) is 5.19. The van der Waals surface area contributed by atoms with E-state index in [1.165, 1.54) is 5.56 Å². The van der Waals surface area contributed by atoms with Crippen molar-refractivity contribution in [2.24, 2.45) is 0 Å². The predicted molar refractivity (Wildman–Crippen MR) is 104 cm³/mol. The van der Waals surface area contributed by atoms with Gasteiger partial charge in [0.15, 0.2) is 5.82 Å². The van der Waals surface area contributed by atoms with Crippen LogP contribution < -0.4 is 0 Å². The lowest BCUT2D eigenvalue weighted by molar-refractivity contribution is -0.00189. The molecule has 1 saturated heterocycles. The van der Waals surface area contributed by atoms with Crippen LogP contribution in [0.25, 0.3) is 11.5 Å². The van der Waals surface area contributed by atoms with E-state index in [4.69, 9.17) is 13.8 Å². The molecule has 1 unspecified atom stereocenters. The van der Waals surface area contributed by atoms with Crippen LogP contribution in [0.4, 0.5) is 0 Å². The van der Waals surface area contributed by atoms with Crippen molar-refractivity contribution in [1.29, 1.82) is 0 Å². The molecule has 0 bridgehead atoms. The van der Waals surface area contributed by atoms with Gasteiger partial charge in [0.1, 0.15) is 5.76 Å². The Kier molecular flexibility index (Phi) is 5.83. The summed E-state index contributed by atoms with van der Waals surface area (Å²) >= 11 is 0. The lowest BCUT2D eigenvalue weighted by Crippen LogP contribution is -2.39. The maximum absolute atomic E-state index is 6.11. The molecule has 1 fully saturated rings. The molecule has 3 heterocycles. The van der Waals surface area contributed by atoms with Gasteiger partial charge in [-0.3, -0.25) is 4.90 Å². The average molecular weight is 382 g/mol. The van der Waals surface area contributed by atoms with Gasteiger partial charge in [-0.15, -0.1) is 0 Å². The topological polar surface area (TPSA) is 77.4 Å². The van der Waals surface area contributed by atoms with Gasteiger partial charge < -0.3 is 13.8 Å². The maximum Gasteiger partial charge on any atom is 0.257 e. The second kappa shape index (κ2) is 8.67. The Bertz CT molecular complexity index is 871. The first kappa shape index (κ1) is 18.8. The molecule has 3 aromatic rings. The van der Waals surface area contributed by atoms with Crippen molar-refractivity contribution in [2.45, 2.75) is 45.8 Å². The van der Waals surface area contributed by atoms with E-state index in [2.05, 4.69) is 20.2 Å². The zero-order chi connectivity index (χ0) is 19.3. The van der Waals surface area contributed by atoms with Crippen molar-refractivity contribution < 1.29 is 13.8 Å². The highest BCUT2D eigenvalue weighted by Gasteiger charge is 2.22. The van der Waals surface area contributed by atoms with Crippen LogP contribution in [-0.2, 0) is 17.7 Å². The third kappa shape index (κ3) is 4.48. The summed E-state index contributed by atoms with van der Waals surface area (Å²) in [5.74, 6) is 2.15.